The van der Waals surface area contributed by atoms with Gasteiger partial charge >= 0.3 is 0 Å². The molecule has 0 aromatic heterocycles. The molecule has 376 valence electrons. The number of ether oxygens (including phenoxy) is 8. The summed E-state index contributed by atoms with van der Waals surface area (Å²) in [6.45, 7) is 41.9. The third-order valence-corrected chi connectivity index (χ3v) is 12.7. The molecule has 0 N–H and O–H groups in total. The van der Waals surface area contributed by atoms with E-state index in [2.05, 4.69) is 132 Å². The highest BCUT2D eigenvalue weighted by Gasteiger charge is 2.29. The molecule has 0 fully saturated rings. The molecule has 68 heavy (non-hydrogen) atoms. The van der Waals surface area contributed by atoms with Crippen LogP contribution < -0.4 is 18.9 Å². The molecule has 0 unspecified atom stereocenters. The molecule has 0 aliphatic heterocycles. The van der Waals surface area contributed by atoms with Gasteiger partial charge in [-0.15, -0.1) is 0 Å². The zero-order valence-electron chi connectivity index (χ0n) is 45.2. The molecule has 8 heteroatoms. The van der Waals surface area contributed by atoms with Gasteiger partial charge < -0.3 is 37.9 Å². The molecule has 0 radical (unpaired) electrons. The predicted molar refractivity (Wildman–Crippen MR) is 280 cm³/mol. The Hall–Kier alpha value is -4.08. The van der Waals surface area contributed by atoms with Crippen LogP contribution in [0.5, 0.6) is 23.0 Å². The van der Waals surface area contributed by atoms with Gasteiger partial charge in [0.1, 0.15) is 49.4 Å². The van der Waals surface area contributed by atoms with Crippen LogP contribution in [0.1, 0.15) is 178 Å². The number of hydrogen-bond acceptors (Lipinski definition) is 8. The summed E-state index contributed by atoms with van der Waals surface area (Å²) in [5.41, 5.74) is 13.3. The summed E-state index contributed by atoms with van der Waals surface area (Å²) in [7, 11) is 0. The molecule has 1 aliphatic rings. The first-order valence-electron chi connectivity index (χ1n) is 25.6. The highest BCUT2D eigenvalue weighted by atomic mass is 16.5. The molecule has 0 amide bonds. The van der Waals surface area contributed by atoms with E-state index < -0.39 is 0 Å². The average Bonchev–Trinajstić information content (AvgIpc) is 3.24. The van der Waals surface area contributed by atoms with Gasteiger partial charge in [0, 0.05) is 52.1 Å². The summed E-state index contributed by atoms with van der Waals surface area (Å²) in [5.74, 6) is 3.56. The lowest BCUT2D eigenvalue weighted by Crippen LogP contribution is -2.19. The Morgan fingerprint density at radius 2 is 0.441 bits per heavy atom. The molecule has 5 rings (SSSR count). The Bertz CT molecular complexity index is 1830. The Morgan fingerprint density at radius 3 is 0.574 bits per heavy atom. The summed E-state index contributed by atoms with van der Waals surface area (Å²) in [4.78, 5) is 0. The van der Waals surface area contributed by atoms with E-state index in [1.54, 1.807) is 0 Å². The molecule has 0 spiro atoms. The highest BCUT2D eigenvalue weighted by Crippen LogP contribution is 2.44. The smallest absolute Gasteiger partial charge is 0.126 e. The van der Waals surface area contributed by atoms with Crippen molar-refractivity contribution in [1.29, 1.82) is 0 Å². The third-order valence-electron chi connectivity index (χ3n) is 12.7. The Kier molecular flexibility index (Phi) is 19.5. The van der Waals surface area contributed by atoms with Crippen molar-refractivity contribution in [3.8, 4) is 23.0 Å². The van der Waals surface area contributed by atoms with Crippen LogP contribution in [0.15, 0.2) is 48.5 Å². The maximum atomic E-state index is 7.00. The predicted octanol–water partition coefficient (Wildman–Crippen LogP) is 13.2. The number of fused-ring (bicyclic) bond motifs is 8. The summed E-state index contributed by atoms with van der Waals surface area (Å²) in [6, 6.07) is 19.0. The van der Waals surface area contributed by atoms with E-state index in [9.17, 15) is 0 Å². The minimum absolute atomic E-state index is 0.148. The van der Waals surface area contributed by atoms with Crippen molar-refractivity contribution in [1.82, 2.24) is 0 Å². The van der Waals surface area contributed by atoms with Gasteiger partial charge in [0.15, 0.2) is 0 Å². The van der Waals surface area contributed by atoms with Crippen LogP contribution >= 0.6 is 0 Å². The fraction of sp³-hybridized carbons (Fsp3) is 0.600. The normalized spacial score (nSPS) is 13.4. The van der Waals surface area contributed by atoms with E-state index in [0.29, 0.717) is 105 Å². The monoisotopic (exact) mass is 937 g/mol. The van der Waals surface area contributed by atoms with Gasteiger partial charge in [-0.1, -0.05) is 132 Å². The van der Waals surface area contributed by atoms with Gasteiger partial charge in [0.25, 0.3) is 0 Å². The first-order valence-corrected chi connectivity index (χ1v) is 25.6. The number of benzene rings is 4. The van der Waals surface area contributed by atoms with Crippen molar-refractivity contribution in [3.05, 3.63) is 115 Å². The Labute approximate surface area is 412 Å². The van der Waals surface area contributed by atoms with Gasteiger partial charge in [-0.05, 0) is 116 Å². The van der Waals surface area contributed by atoms with E-state index in [4.69, 9.17) is 37.9 Å². The minimum Gasteiger partial charge on any atom is -0.491 e. The lowest BCUT2D eigenvalue weighted by atomic mass is 9.79. The zero-order chi connectivity index (χ0) is 49.9. The zero-order valence-corrected chi connectivity index (χ0v) is 45.2. The number of hydrogen-bond donors (Lipinski definition) is 0. The fourth-order valence-corrected chi connectivity index (χ4v) is 8.75. The van der Waals surface area contributed by atoms with E-state index in [1.165, 1.54) is 22.3 Å². The second-order valence-electron chi connectivity index (χ2n) is 22.4. The van der Waals surface area contributed by atoms with Crippen molar-refractivity contribution in [2.45, 2.75) is 158 Å². The van der Waals surface area contributed by atoms with Crippen LogP contribution in [-0.4, -0.2) is 79.3 Å². The second kappa shape index (κ2) is 24.2. The van der Waals surface area contributed by atoms with E-state index in [0.717, 1.165) is 67.5 Å². The summed E-state index contributed by atoms with van der Waals surface area (Å²) < 4.78 is 51.6. The van der Waals surface area contributed by atoms with Gasteiger partial charge in [-0.2, -0.15) is 0 Å². The molecule has 0 atom stereocenters. The first kappa shape index (κ1) is 54.9. The molecule has 0 saturated carbocycles. The summed E-state index contributed by atoms with van der Waals surface area (Å²) in [6.07, 6.45) is 2.38. The van der Waals surface area contributed by atoms with Gasteiger partial charge in [0.2, 0.25) is 0 Å². The average molecular weight is 937 g/mol. The largest absolute Gasteiger partial charge is 0.491 e. The van der Waals surface area contributed by atoms with Crippen molar-refractivity contribution < 1.29 is 37.9 Å². The maximum absolute atomic E-state index is 7.00. The van der Waals surface area contributed by atoms with E-state index in [-0.39, 0.29) is 21.7 Å². The minimum atomic E-state index is -0.148. The standard InChI is InChI=1S/C60H88O8/c1-17-61-21-25-65-53-41-29-43-35-50(58(8,9)10)37-45(54(43)66-26-22-62-18-2)31-47-39-52(60(14,15)16)40-48(56(47)68-28-24-64-20-4)32-46-38-51(59(11,12)13)36-44(55(46)67-27-23-63-19-3)30-42(53)34-49(33-41)57(5,6)7/h33-40H,17-32H2,1-16H3. The van der Waals surface area contributed by atoms with E-state index >= 15 is 0 Å². The van der Waals surface area contributed by atoms with Crippen LogP contribution in [0.4, 0.5) is 0 Å². The third kappa shape index (κ3) is 15.0. The highest BCUT2D eigenvalue weighted by molar-refractivity contribution is 5.60. The lowest BCUT2D eigenvalue weighted by molar-refractivity contribution is 0.108. The summed E-state index contributed by atoms with van der Waals surface area (Å²) >= 11 is 0. The van der Waals surface area contributed by atoms with Crippen LogP contribution in [0.2, 0.25) is 0 Å². The Balaban J connectivity index is 1.99. The SMILES string of the molecule is CCOCCOc1c2cc(C(C)(C)C)cc1Cc1cc(C(C)(C)C)cc(c1OCCOCC)Cc1cc(C(C)(C)C)cc(c1OCCOCC)Cc1cc(C(C)(C)C)cc(c1OCCOCC)C2. The van der Waals surface area contributed by atoms with Crippen LogP contribution in [-0.2, 0) is 66.3 Å². The fourth-order valence-electron chi connectivity index (χ4n) is 8.75. The first-order chi connectivity index (χ1) is 32.1. The Morgan fingerprint density at radius 1 is 0.279 bits per heavy atom. The summed E-state index contributed by atoms with van der Waals surface area (Å²) in [5, 5.41) is 0. The molecule has 8 nitrogen and oxygen atoms in total. The van der Waals surface area contributed by atoms with Crippen molar-refractivity contribution in [2.75, 3.05) is 79.3 Å². The molecule has 4 aromatic rings. The molecule has 8 bridgehead atoms. The molecule has 1 aliphatic carbocycles. The van der Waals surface area contributed by atoms with Gasteiger partial charge in [0.05, 0.1) is 26.4 Å². The molecule has 0 saturated heterocycles. The molecule has 0 heterocycles. The lowest BCUT2D eigenvalue weighted by Gasteiger charge is -2.29. The molecular formula is C60H88O8. The van der Waals surface area contributed by atoms with Crippen LogP contribution in [0.3, 0.4) is 0 Å². The van der Waals surface area contributed by atoms with Crippen molar-refractivity contribution in [2.24, 2.45) is 0 Å². The topological polar surface area (TPSA) is 73.8 Å². The van der Waals surface area contributed by atoms with Crippen molar-refractivity contribution >= 4 is 0 Å². The second-order valence-corrected chi connectivity index (χ2v) is 22.4. The number of rotatable bonds is 20. The van der Waals surface area contributed by atoms with Gasteiger partial charge in [-0.25, -0.2) is 0 Å². The van der Waals surface area contributed by atoms with Crippen LogP contribution in [0, 0.1) is 0 Å². The maximum Gasteiger partial charge on any atom is 0.126 e. The van der Waals surface area contributed by atoms with Gasteiger partial charge in [-0.3, -0.25) is 0 Å². The quantitative estimate of drug-likeness (QED) is 0.0715. The molecular weight excluding hydrogens is 849 g/mol. The van der Waals surface area contributed by atoms with Crippen molar-refractivity contribution in [3.63, 3.8) is 0 Å². The molecule has 4 aromatic carbocycles. The van der Waals surface area contributed by atoms with Crippen LogP contribution in [0.25, 0.3) is 0 Å². The van der Waals surface area contributed by atoms with E-state index in [1.807, 2.05) is 27.7 Å².